The van der Waals surface area contributed by atoms with Gasteiger partial charge in [-0.1, -0.05) is 30.3 Å². The van der Waals surface area contributed by atoms with Crippen molar-refractivity contribution in [2.45, 2.75) is 39.2 Å². The first kappa shape index (κ1) is 21.7. The Morgan fingerprint density at radius 3 is 2.31 bits per heavy atom. The van der Waals surface area contributed by atoms with Crippen LogP contribution in [0.15, 0.2) is 53.5 Å². The van der Waals surface area contributed by atoms with Crippen LogP contribution in [0.4, 0.5) is 13.2 Å². The number of carbonyl (C=O) groups is 1. The van der Waals surface area contributed by atoms with Crippen LogP contribution < -0.4 is 5.69 Å². The number of imidazole rings is 1. The molecule has 1 aromatic heterocycles. The standard InChI is InChI=1S/C23H22F3N3O3/c1-3-28-20(30)12-29(22(28)32)14(2)15-4-6-16(7-5-15)17-8-9-19-18(10-17)11-27(21(19)31)13-23(24,25)26/h4-10,12,14,30H,3,11,13H2,1-2H3/t14-/m1/s1. The van der Waals surface area contributed by atoms with E-state index in [2.05, 4.69) is 0 Å². The van der Waals surface area contributed by atoms with E-state index in [0.717, 1.165) is 21.6 Å². The van der Waals surface area contributed by atoms with Crippen molar-refractivity contribution in [1.82, 2.24) is 14.0 Å². The Bertz CT molecular complexity index is 1230. The van der Waals surface area contributed by atoms with Gasteiger partial charge in [-0.15, -0.1) is 0 Å². The minimum atomic E-state index is -4.44. The molecule has 2 aromatic carbocycles. The van der Waals surface area contributed by atoms with Gasteiger partial charge in [-0.3, -0.25) is 13.9 Å². The molecule has 0 bridgehead atoms. The van der Waals surface area contributed by atoms with Gasteiger partial charge in [-0.05, 0) is 48.2 Å². The highest BCUT2D eigenvalue weighted by Crippen LogP contribution is 2.31. The Hall–Kier alpha value is -3.49. The van der Waals surface area contributed by atoms with Gasteiger partial charge in [-0.25, -0.2) is 4.79 Å². The fourth-order valence-electron chi connectivity index (χ4n) is 4.08. The zero-order chi connectivity index (χ0) is 23.2. The van der Waals surface area contributed by atoms with Crippen molar-refractivity contribution in [3.63, 3.8) is 0 Å². The first-order valence-corrected chi connectivity index (χ1v) is 10.2. The fraction of sp³-hybridized carbons (Fsp3) is 0.304. The summed E-state index contributed by atoms with van der Waals surface area (Å²) in [6.07, 6.45) is -3.03. The molecule has 1 aliphatic rings. The Morgan fingerprint density at radius 1 is 1.06 bits per heavy atom. The Balaban J connectivity index is 1.57. The lowest BCUT2D eigenvalue weighted by atomic mass is 9.98. The summed E-state index contributed by atoms with van der Waals surface area (Å²) in [7, 11) is 0. The van der Waals surface area contributed by atoms with Crippen molar-refractivity contribution in [2.24, 2.45) is 0 Å². The monoisotopic (exact) mass is 445 g/mol. The van der Waals surface area contributed by atoms with Gasteiger partial charge in [0.25, 0.3) is 5.91 Å². The molecular formula is C23H22F3N3O3. The molecule has 1 aliphatic heterocycles. The topological polar surface area (TPSA) is 67.5 Å². The number of benzene rings is 2. The summed E-state index contributed by atoms with van der Waals surface area (Å²) >= 11 is 0. The van der Waals surface area contributed by atoms with E-state index in [4.69, 9.17) is 0 Å². The smallest absolute Gasteiger partial charge is 0.406 e. The number of hydrogen-bond acceptors (Lipinski definition) is 3. The van der Waals surface area contributed by atoms with Crippen LogP contribution >= 0.6 is 0 Å². The van der Waals surface area contributed by atoms with Gasteiger partial charge in [0.15, 0.2) is 0 Å². The molecule has 3 aromatic rings. The number of halogens is 3. The maximum absolute atomic E-state index is 12.7. The van der Waals surface area contributed by atoms with Crippen molar-refractivity contribution in [3.8, 4) is 17.0 Å². The highest BCUT2D eigenvalue weighted by atomic mass is 19.4. The quantitative estimate of drug-likeness (QED) is 0.641. The number of hydrogen-bond donors (Lipinski definition) is 1. The van der Waals surface area contributed by atoms with Crippen LogP contribution in [0.25, 0.3) is 11.1 Å². The first-order valence-electron chi connectivity index (χ1n) is 10.2. The molecule has 1 N–H and O–H groups in total. The molecule has 0 radical (unpaired) electrons. The average Bonchev–Trinajstić information content (AvgIpc) is 3.21. The van der Waals surface area contributed by atoms with E-state index in [1.165, 1.54) is 15.3 Å². The van der Waals surface area contributed by atoms with Gasteiger partial charge in [0.05, 0.1) is 12.2 Å². The van der Waals surface area contributed by atoms with E-state index < -0.39 is 18.6 Å². The van der Waals surface area contributed by atoms with E-state index in [0.29, 0.717) is 17.7 Å². The first-order chi connectivity index (χ1) is 15.1. The average molecular weight is 445 g/mol. The minimum Gasteiger partial charge on any atom is -0.493 e. The molecule has 6 nitrogen and oxygen atoms in total. The number of aromatic nitrogens is 2. The lowest BCUT2D eigenvalue weighted by molar-refractivity contribution is -0.140. The zero-order valence-corrected chi connectivity index (χ0v) is 17.6. The lowest BCUT2D eigenvalue weighted by Gasteiger charge is -2.17. The van der Waals surface area contributed by atoms with Crippen LogP contribution in [0.5, 0.6) is 5.88 Å². The number of alkyl halides is 3. The number of nitrogens with zero attached hydrogens (tertiary/aromatic N) is 3. The van der Waals surface area contributed by atoms with E-state index in [9.17, 15) is 27.9 Å². The number of aromatic hydroxyl groups is 1. The number of fused-ring (bicyclic) bond motifs is 1. The molecule has 1 atom stereocenters. The maximum Gasteiger partial charge on any atom is 0.406 e. The number of rotatable bonds is 5. The second kappa shape index (κ2) is 7.89. The van der Waals surface area contributed by atoms with E-state index in [1.807, 2.05) is 31.2 Å². The number of carbonyl (C=O) groups excluding carboxylic acids is 1. The van der Waals surface area contributed by atoms with Gasteiger partial charge < -0.3 is 10.0 Å². The van der Waals surface area contributed by atoms with Gasteiger partial charge in [0.2, 0.25) is 5.88 Å². The van der Waals surface area contributed by atoms with Crippen LogP contribution in [0, 0.1) is 0 Å². The van der Waals surface area contributed by atoms with E-state index >= 15 is 0 Å². The van der Waals surface area contributed by atoms with E-state index in [1.54, 1.807) is 25.1 Å². The molecule has 0 saturated heterocycles. The second-order valence-corrected chi connectivity index (χ2v) is 7.87. The summed E-state index contributed by atoms with van der Waals surface area (Å²) in [6, 6.07) is 12.2. The molecule has 0 unspecified atom stereocenters. The lowest BCUT2D eigenvalue weighted by Crippen LogP contribution is -2.34. The van der Waals surface area contributed by atoms with Crippen LogP contribution in [0.1, 0.15) is 41.4 Å². The summed E-state index contributed by atoms with van der Waals surface area (Å²) in [5.74, 6) is -0.700. The minimum absolute atomic E-state index is 0.0720. The molecule has 1 amide bonds. The predicted molar refractivity (Wildman–Crippen MR) is 113 cm³/mol. The molecule has 9 heteroatoms. The van der Waals surface area contributed by atoms with Crippen LogP contribution in [0.2, 0.25) is 0 Å². The summed E-state index contributed by atoms with van der Waals surface area (Å²) in [5.41, 5.74) is 3.05. The van der Waals surface area contributed by atoms with Crippen molar-refractivity contribution in [2.75, 3.05) is 6.54 Å². The molecule has 0 saturated carbocycles. The zero-order valence-electron chi connectivity index (χ0n) is 17.6. The third kappa shape index (κ3) is 3.90. The molecule has 0 spiro atoms. The normalized spacial score (nSPS) is 14.7. The van der Waals surface area contributed by atoms with Crippen molar-refractivity contribution in [3.05, 3.63) is 75.8 Å². The van der Waals surface area contributed by atoms with Gasteiger partial charge in [-0.2, -0.15) is 13.2 Å². The third-order valence-electron chi connectivity index (χ3n) is 5.80. The molecule has 0 aliphatic carbocycles. The number of amides is 1. The summed E-state index contributed by atoms with van der Waals surface area (Å²) in [5, 5.41) is 9.93. The van der Waals surface area contributed by atoms with Crippen LogP contribution in [-0.4, -0.2) is 37.8 Å². The van der Waals surface area contributed by atoms with Crippen LogP contribution in [0.3, 0.4) is 0 Å². The largest absolute Gasteiger partial charge is 0.493 e. The molecule has 32 heavy (non-hydrogen) atoms. The summed E-state index contributed by atoms with van der Waals surface area (Å²) in [4.78, 5) is 25.5. The third-order valence-corrected chi connectivity index (χ3v) is 5.80. The van der Waals surface area contributed by atoms with E-state index in [-0.39, 0.29) is 24.2 Å². The van der Waals surface area contributed by atoms with Gasteiger partial charge in [0.1, 0.15) is 6.54 Å². The van der Waals surface area contributed by atoms with Gasteiger partial charge in [0, 0.05) is 18.7 Å². The van der Waals surface area contributed by atoms with Crippen molar-refractivity contribution in [1.29, 1.82) is 0 Å². The highest BCUT2D eigenvalue weighted by Gasteiger charge is 2.37. The molecule has 168 valence electrons. The fourth-order valence-corrected chi connectivity index (χ4v) is 4.08. The van der Waals surface area contributed by atoms with Crippen LogP contribution in [-0.2, 0) is 13.1 Å². The Morgan fingerprint density at radius 2 is 1.72 bits per heavy atom. The SMILES string of the molecule is CCn1c(O)cn([C@H](C)c2ccc(-c3ccc4c(c3)CN(CC(F)(F)F)C4=O)cc2)c1=O. The molecule has 2 heterocycles. The van der Waals surface area contributed by atoms with Gasteiger partial charge >= 0.3 is 11.9 Å². The molecule has 0 fully saturated rings. The second-order valence-electron chi connectivity index (χ2n) is 7.87. The van der Waals surface area contributed by atoms with Crippen molar-refractivity contribution < 1.29 is 23.1 Å². The Labute approximate surface area is 182 Å². The predicted octanol–water partition coefficient (Wildman–Crippen LogP) is 4.17. The highest BCUT2D eigenvalue weighted by molar-refractivity contribution is 5.99. The Kier molecular flexibility index (Phi) is 5.36. The maximum atomic E-state index is 12.7. The molecule has 4 rings (SSSR count). The van der Waals surface area contributed by atoms with Crippen molar-refractivity contribution >= 4 is 5.91 Å². The molecular weight excluding hydrogens is 423 g/mol. The summed E-state index contributed by atoms with van der Waals surface area (Å²) < 4.78 is 40.9. The summed E-state index contributed by atoms with van der Waals surface area (Å²) in [6.45, 7) is 2.66.